The molecular formula is C30H40N6O2. The fraction of sp³-hybridized carbons (Fsp3) is 0.400. The van der Waals surface area contributed by atoms with Crippen molar-refractivity contribution in [3.8, 4) is 0 Å². The highest BCUT2D eigenvalue weighted by molar-refractivity contribution is 5.94. The van der Waals surface area contributed by atoms with Crippen molar-refractivity contribution in [2.75, 3.05) is 24.2 Å². The lowest BCUT2D eigenvalue weighted by Crippen LogP contribution is -2.34. The quantitative estimate of drug-likeness (QED) is 0.334. The number of carbonyl (C=O) groups excluding carboxylic acids is 2. The van der Waals surface area contributed by atoms with Gasteiger partial charge in [-0.2, -0.15) is 4.98 Å². The van der Waals surface area contributed by atoms with Gasteiger partial charge in [0.2, 0.25) is 11.9 Å². The molecule has 0 saturated heterocycles. The lowest BCUT2D eigenvalue weighted by atomic mass is 10.0. The number of benzene rings is 2. The van der Waals surface area contributed by atoms with Gasteiger partial charge in [0.1, 0.15) is 5.82 Å². The number of likely N-dealkylation sites (N-methyl/N-ethyl adjacent to an activating group) is 1. The number of anilines is 3. The molecule has 1 heterocycles. The lowest BCUT2D eigenvalue weighted by molar-refractivity contribution is -0.121. The normalized spacial score (nSPS) is 16.5. The van der Waals surface area contributed by atoms with E-state index in [1.165, 1.54) is 5.56 Å². The Hall–Kier alpha value is -3.94. The predicted molar refractivity (Wildman–Crippen MR) is 154 cm³/mol. The van der Waals surface area contributed by atoms with Crippen molar-refractivity contribution in [1.82, 2.24) is 14.9 Å². The standard InChI is InChI=1S/C29H36N6O2.CH4/c1-19(2)24-18-31-29(34-27(24)33-25-11-7-10-23(25)26(30)36)32-22-14-12-21(13-15-22)28(37)35(3)17-16-20-8-5-4-6-9-20;/h4-6,8-9,12-15,18-19,23,25H,7,10-11,16-17H2,1-3H3,(H2,30,36)(H2,31,32,33,34);1H4/t23-,25+;/m0./s1. The summed E-state index contributed by atoms with van der Waals surface area (Å²) in [7, 11) is 1.82. The van der Waals surface area contributed by atoms with E-state index in [2.05, 4.69) is 41.6 Å². The van der Waals surface area contributed by atoms with Crippen LogP contribution in [0, 0.1) is 5.92 Å². The smallest absolute Gasteiger partial charge is 0.253 e. The Morgan fingerprint density at radius 1 is 1.08 bits per heavy atom. The van der Waals surface area contributed by atoms with E-state index in [0.29, 0.717) is 18.1 Å². The molecule has 1 aromatic heterocycles. The third kappa shape index (κ3) is 7.09. The van der Waals surface area contributed by atoms with Crippen LogP contribution in [-0.4, -0.2) is 46.3 Å². The highest BCUT2D eigenvalue weighted by Crippen LogP contribution is 2.31. The fourth-order valence-electron chi connectivity index (χ4n) is 4.73. The second-order valence-corrected chi connectivity index (χ2v) is 10.0. The van der Waals surface area contributed by atoms with Gasteiger partial charge in [-0.15, -0.1) is 0 Å². The second kappa shape index (κ2) is 13.0. The number of hydrogen-bond acceptors (Lipinski definition) is 6. The Balaban J connectivity index is 0.00000400. The van der Waals surface area contributed by atoms with Crippen molar-refractivity contribution < 1.29 is 9.59 Å². The lowest BCUT2D eigenvalue weighted by Gasteiger charge is -2.22. The molecule has 4 rings (SSSR count). The molecule has 2 aromatic carbocycles. The van der Waals surface area contributed by atoms with Gasteiger partial charge in [-0.1, -0.05) is 58.0 Å². The van der Waals surface area contributed by atoms with Crippen LogP contribution in [0.1, 0.15) is 67.9 Å². The number of carbonyl (C=O) groups is 2. The van der Waals surface area contributed by atoms with Gasteiger partial charge in [0.05, 0.1) is 5.92 Å². The van der Waals surface area contributed by atoms with Gasteiger partial charge in [-0.3, -0.25) is 9.59 Å². The van der Waals surface area contributed by atoms with E-state index in [4.69, 9.17) is 10.7 Å². The maximum atomic E-state index is 12.9. The summed E-state index contributed by atoms with van der Waals surface area (Å²) in [6, 6.07) is 17.4. The van der Waals surface area contributed by atoms with Gasteiger partial charge in [-0.05, 0) is 55.0 Å². The first-order valence-electron chi connectivity index (χ1n) is 12.9. The van der Waals surface area contributed by atoms with E-state index in [0.717, 1.165) is 42.8 Å². The van der Waals surface area contributed by atoms with Crippen LogP contribution >= 0.6 is 0 Å². The van der Waals surface area contributed by atoms with Gasteiger partial charge in [0.15, 0.2) is 0 Å². The van der Waals surface area contributed by atoms with Gasteiger partial charge in [-0.25, -0.2) is 4.98 Å². The zero-order chi connectivity index (χ0) is 26.4. The third-order valence-corrected chi connectivity index (χ3v) is 6.96. The second-order valence-electron chi connectivity index (χ2n) is 10.0. The minimum absolute atomic E-state index is 0. The molecule has 0 spiro atoms. The molecule has 1 aliphatic carbocycles. The van der Waals surface area contributed by atoms with Crippen LogP contribution in [0.4, 0.5) is 17.5 Å². The maximum Gasteiger partial charge on any atom is 0.253 e. The molecule has 0 aliphatic heterocycles. The van der Waals surface area contributed by atoms with E-state index < -0.39 is 0 Å². The van der Waals surface area contributed by atoms with E-state index in [1.807, 2.05) is 43.6 Å². The topological polar surface area (TPSA) is 113 Å². The van der Waals surface area contributed by atoms with Crippen LogP contribution in [0.15, 0.2) is 60.8 Å². The number of nitrogens with two attached hydrogens (primary N) is 1. The Morgan fingerprint density at radius 2 is 1.79 bits per heavy atom. The molecule has 0 unspecified atom stereocenters. The fourth-order valence-corrected chi connectivity index (χ4v) is 4.73. The number of primary amides is 1. The number of amides is 2. The van der Waals surface area contributed by atoms with Crippen molar-refractivity contribution in [2.24, 2.45) is 11.7 Å². The zero-order valence-corrected chi connectivity index (χ0v) is 21.8. The van der Waals surface area contributed by atoms with Crippen molar-refractivity contribution in [3.05, 3.63) is 77.5 Å². The highest BCUT2D eigenvalue weighted by atomic mass is 16.2. The van der Waals surface area contributed by atoms with Crippen LogP contribution < -0.4 is 16.4 Å². The molecule has 0 bridgehead atoms. The van der Waals surface area contributed by atoms with Crippen LogP contribution in [-0.2, 0) is 11.2 Å². The Labute approximate surface area is 226 Å². The Morgan fingerprint density at radius 3 is 2.45 bits per heavy atom. The van der Waals surface area contributed by atoms with Crippen molar-refractivity contribution in [1.29, 1.82) is 0 Å². The van der Waals surface area contributed by atoms with Crippen molar-refractivity contribution in [3.63, 3.8) is 0 Å². The zero-order valence-electron chi connectivity index (χ0n) is 21.8. The molecule has 8 nitrogen and oxygen atoms in total. The molecule has 2 amide bonds. The van der Waals surface area contributed by atoms with E-state index in [9.17, 15) is 9.59 Å². The molecular weight excluding hydrogens is 476 g/mol. The predicted octanol–water partition coefficient (Wildman–Crippen LogP) is 5.36. The Bertz CT molecular complexity index is 1210. The number of aromatic nitrogens is 2. The van der Waals surface area contributed by atoms with Crippen LogP contribution in [0.3, 0.4) is 0 Å². The van der Waals surface area contributed by atoms with E-state index in [-0.39, 0.29) is 37.1 Å². The molecule has 4 N–H and O–H groups in total. The summed E-state index contributed by atoms with van der Waals surface area (Å²) in [6.45, 7) is 4.82. The monoisotopic (exact) mass is 516 g/mol. The summed E-state index contributed by atoms with van der Waals surface area (Å²) < 4.78 is 0. The number of hydrogen-bond donors (Lipinski definition) is 3. The molecule has 1 saturated carbocycles. The first-order valence-corrected chi connectivity index (χ1v) is 12.9. The summed E-state index contributed by atoms with van der Waals surface area (Å²) in [6.07, 6.45) is 5.27. The molecule has 1 aliphatic rings. The van der Waals surface area contributed by atoms with Crippen molar-refractivity contribution >= 4 is 29.3 Å². The molecule has 3 aromatic rings. The average molecular weight is 517 g/mol. The molecule has 8 heteroatoms. The van der Waals surface area contributed by atoms with Crippen molar-refractivity contribution in [2.45, 2.75) is 58.9 Å². The summed E-state index contributed by atoms with van der Waals surface area (Å²) in [4.78, 5) is 35.7. The molecule has 1 fully saturated rings. The minimum Gasteiger partial charge on any atom is -0.369 e. The number of nitrogens with zero attached hydrogens (tertiary/aromatic N) is 3. The van der Waals surface area contributed by atoms with Crippen LogP contribution in [0.25, 0.3) is 0 Å². The SMILES string of the molecule is C.CC(C)c1cnc(Nc2ccc(C(=O)N(C)CCc3ccccc3)cc2)nc1N[C@@H]1CCC[C@@H]1C(N)=O. The molecule has 38 heavy (non-hydrogen) atoms. The number of rotatable bonds is 10. The minimum atomic E-state index is -0.270. The molecule has 2 atom stereocenters. The molecule has 202 valence electrons. The summed E-state index contributed by atoms with van der Waals surface area (Å²) >= 11 is 0. The third-order valence-electron chi connectivity index (χ3n) is 6.96. The Kier molecular flexibility index (Phi) is 9.82. The van der Waals surface area contributed by atoms with Crippen LogP contribution in [0.2, 0.25) is 0 Å². The largest absolute Gasteiger partial charge is 0.369 e. The van der Waals surface area contributed by atoms with E-state index in [1.54, 1.807) is 17.0 Å². The van der Waals surface area contributed by atoms with Crippen LogP contribution in [0.5, 0.6) is 0 Å². The summed E-state index contributed by atoms with van der Waals surface area (Å²) in [5.74, 6) is 0.898. The number of nitrogens with one attached hydrogen (secondary N) is 2. The van der Waals surface area contributed by atoms with Gasteiger partial charge < -0.3 is 21.3 Å². The van der Waals surface area contributed by atoms with Gasteiger partial charge >= 0.3 is 0 Å². The molecule has 0 radical (unpaired) electrons. The first kappa shape index (κ1) is 28.6. The highest BCUT2D eigenvalue weighted by Gasteiger charge is 2.32. The average Bonchev–Trinajstić information content (AvgIpc) is 3.36. The summed E-state index contributed by atoms with van der Waals surface area (Å²) in [5.41, 5.74) is 9.21. The maximum absolute atomic E-state index is 12.9. The summed E-state index contributed by atoms with van der Waals surface area (Å²) in [5, 5.41) is 6.70. The van der Waals surface area contributed by atoms with Gasteiger partial charge in [0, 0.05) is 42.6 Å². The van der Waals surface area contributed by atoms with E-state index >= 15 is 0 Å². The van der Waals surface area contributed by atoms with Gasteiger partial charge in [0.25, 0.3) is 5.91 Å². The first-order chi connectivity index (χ1) is 17.8.